The van der Waals surface area contributed by atoms with E-state index in [1.807, 2.05) is 6.08 Å². The topological polar surface area (TPSA) is 72.8 Å². The van der Waals surface area contributed by atoms with Gasteiger partial charge in [0.1, 0.15) is 0 Å². The van der Waals surface area contributed by atoms with Gasteiger partial charge in [0.05, 0.1) is 18.9 Å². The van der Waals surface area contributed by atoms with Crippen LogP contribution in [0.15, 0.2) is 24.7 Å². The van der Waals surface area contributed by atoms with Crippen molar-refractivity contribution < 1.29 is 24.2 Å². The number of carbonyl (C=O) groups excluding carboxylic acids is 2. The maximum Gasteiger partial charge on any atom is 0.340 e. The number of aliphatic hydroxyl groups excluding tert-OH is 1. The summed E-state index contributed by atoms with van der Waals surface area (Å²) in [6.45, 7) is 4.53. The summed E-state index contributed by atoms with van der Waals surface area (Å²) in [5, 5.41) is 9.92. The molecule has 0 spiro atoms. The summed E-state index contributed by atoms with van der Waals surface area (Å²) in [5.41, 5.74) is 0. The summed E-state index contributed by atoms with van der Waals surface area (Å²) >= 11 is 0. The van der Waals surface area contributed by atoms with E-state index < -0.39 is 24.5 Å². The molecule has 5 nitrogen and oxygen atoms in total. The van der Waals surface area contributed by atoms with Crippen molar-refractivity contribution in [3.8, 4) is 0 Å². The Morgan fingerprint density at radius 3 is 1.14 bits per heavy atom. The van der Waals surface area contributed by atoms with E-state index in [2.05, 4.69) is 13.8 Å². The highest BCUT2D eigenvalue weighted by molar-refractivity contribution is 5.82. The van der Waals surface area contributed by atoms with E-state index in [1.54, 1.807) is 6.08 Å². The highest BCUT2D eigenvalue weighted by Crippen LogP contribution is 2.14. The van der Waals surface area contributed by atoms with E-state index in [1.165, 1.54) is 167 Å². The Bertz CT molecular complexity index is 657. The van der Waals surface area contributed by atoms with Crippen molar-refractivity contribution in [1.82, 2.24) is 0 Å². The summed E-state index contributed by atoms with van der Waals surface area (Å²) in [6, 6.07) is 0. The molecule has 0 aliphatic carbocycles. The average molecular weight is 607 g/mol. The van der Waals surface area contributed by atoms with Gasteiger partial charge in [-0.1, -0.05) is 168 Å². The molecule has 5 heteroatoms. The summed E-state index contributed by atoms with van der Waals surface area (Å²) in [4.78, 5) is 23.8. The molecule has 1 N–H and O–H groups in total. The number of aliphatic hydroxyl groups is 1. The Labute approximate surface area is 266 Å². The number of allylic oxidation sites excluding steroid dienone is 2. The third-order valence-corrected chi connectivity index (χ3v) is 8.16. The molecular weight excluding hydrogens is 536 g/mol. The molecule has 0 aromatic rings. The van der Waals surface area contributed by atoms with Crippen molar-refractivity contribution in [3.05, 3.63) is 24.7 Å². The summed E-state index contributed by atoms with van der Waals surface area (Å²) in [7, 11) is 0. The van der Waals surface area contributed by atoms with Crippen molar-refractivity contribution in [3.63, 3.8) is 0 Å². The lowest BCUT2D eigenvalue weighted by Crippen LogP contribution is -2.25. The zero-order valence-corrected chi connectivity index (χ0v) is 28.5. The molecule has 0 amide bonds. The maximum absolute atomic E-state index is 11.9. The molecule has 1 unspecified atom stereocenters. The van der Waals surface area contributed by atoms with Crippen LogP contribution in [-0.4, -0.2) is 23.1 Å². The van der Waals surface area contributed by atoms with Gasteiger partial charge in [-0.2, -0.15) is 0 Å². The number of hydrogen-bond acceptors (Lipinski definition) is 5. The van der Waals surface area contributed by atoms with Crippen LogP contribution in [0.4, 0.5) is 0 Å². The van der Waals surface area contributed by atoms with Gasteiger partial charge in [0, 0.05) is 0 Å². The standard InChI is InChI=1S/C38H70O5/c1-3-5-7-9-11-13-15-17-19-21-23-25-27-29-31-33-42-37(40)35-36(39)38(41)43-34-32-30-28-26-24-22-20-18-16-14-12-10-8-6-4-2/h31-34,36,39H,3-30,35H2,1-2H3/b33-31+,34-32+. The van der Waals surface area contributed by atoms with E-state index >= 15 is 0 Å². The molecule has 0 saturated carbocycles. The first-order chi connectivity index (χ1) is 21.1. The minimum Gasteiger partial charge on any atom is -0.435 e. The van der Waals surface area contributed by atoms with E-state index in [0.717, 1.165) is 25.7 Å². The predicted octanol–water partition coefficient (Wildman–Crippen LogP) is 11.8. The molecule has 252 valence electrons. The summed E-state index contributed by atoms with van der Waals surface area (Å²) < 4.78 is 9.96. The second-order valence-corrected chi connectivity index (χ2v) is 12.5. The molecule has 0 aliphatic heterocycles. The lowest BCUT2D eigenvalue weighted by Gasteiger charge is -2.06. The molecule has 0 radical (unpaired) electrons. The molecule has 0 heterocycles. The van der Waals surface area contributed by atoms with Crippen LogP contribution < -0.4 is 0 Å². The van der Waals surface area contributed by atoms with Crippen molar-refractivity contribution in [2.75, 3.05) is 0 Å². The number of esters is 2. The molecule has 0 rings (SSSR count). The fourth-order valence-corrected chi connectivity index (χ4v) is 5.30. The highest BCUT2D eigenvalue weighted by Gasteiger charge is 2.20. The van der Waals surface area contributed by atoms with E-state index in [-0.39, 0.29) is 0 Å². The number of ether oxygens (including phenoxy) is 2. The Balaban J connectivity index is 3.52. The molecule has 0 bridgehead atoms. The van der Waals surface area contributed by atoms with Crippen molar-refractivity contribution >= 4 is 11.9 Å². The molecule has 0 aromatic carbocycles. The van der Waals surface area contributed by atoms with Crippen LogP contribution >= 0.6 is 0 Å². The fourth-order valence-electron chi connectivity index (χ4n) is 5.30. The maximum atomic E-state index is 11.9. The van der Waals surface area contributed by atoms with Crippen LogP contribution in [0.2, 0.25) is 0 Å². The SMILES string of the molecule is CCCCCCCCCCCCCCC/C=C/OC(=O)CC(O)C(=O)O/C=C/CCCCCCCCCCCCCCC. The molecule has 0 saturated heterocycles. The van der Waals surface area contributed by atoms with Crippen LogP contribution in [0.1, 0.15) is 200 Å². The van der Waals surface area contributed by atoms with Crippen LogP contribution in [0.5, 0.6) is 0 Å². The van der Waals surface area contributed by atoms with Gasteiger partial charge in [0.25, 0.3) is 0 Å². The van der Waals surface area contributed by atoms with Gasteiger partial charge in [0.2, 0.25) is 0 Å². The quantitative estimate of drug-likeness (QED) is 0.0457. The van der Waals surface area contributed by atoms with Gasteiger partial charge in [-0.05, 0) is 37.8 Å². The Kier molecular flexibility index (Phi) is 33.6. The number of rotatable bonds is 33. The molecule has 0 fully saturated rings. The largest absolute Gasteiger partial charge is 0.435 e. The van der Waals surface area contributed by atoms with Gasteiger partial charge in [-0.25, -0.2) is 4.79 Å². The highest BCUT2D eigenvalue weighted by atomic mass is 16.5. The molecule has 43 heavy (non-hydrogen) atoms. The number of hydrogen-bond donors (Lipinski definition) is 1. The van der Waals surface area contributed by atoms with Crippen LogP contribution in [0.25, 0.3) is 0 Å². The van der Waals surface area contributed by atoms with Crippen LogP contribution in [-0.2, 0) is 19.1 Å². The Morgan fingerprint density at radius 1 is 0.488 bits per heavy atom. The zero-order chi connectivity index (χ0) is 31.5. The van der Waals surface area contributed by atoms with Gasteiger partial charge in [0.15, 0.2) is 6.10 Å². The summed E-state index contributed by atoms with van der Waals surface area (Å²) in [6.07, 6.45) is 40.5. The third kappa shape index (κ3) is 33.1. The summed E-state index contributed by atoms with van der Waals surface area (Å²) in [5.74, 6) is -1.46. The van der Waals surface area contributed by atoms with Crippen LogP contribution in [0, 0.1) is 0 Å². The second kappa shape index (κ2) is 34.9. The first kappa shape index (κ1) is 41.4. The van der Waals surface area contributed by atoms with E-state index in [0.29, 0.717) is 0 Å². The Hall–Kier alpha value is -1.62. The average Bonchev–Trinajstić information content (AvgIpc) is 3.00. The number of carbonyl (C=O) groups is 2. The predicted molar refractivity (Wildman–Crippen MR) is 182 cm³/mol. The lowest BCUT2D eigenvalue weighted by atomic mass is 10.0. The molecule has 0 aliphatic rings. The first-order valence-electron chi connectivity index (χ1n) is 18.5. The Morgan fingerprint density at radius 2 is 0.791 bits per heavy atom. The van der Waals surface area contributed by atoms with Crippen molar-refractivity contribution in [2.24, 2.45) is 0 Å². The van der Waals surface area contributed by atoms with Crippen molar-refractivity contribution in [1.29, 1.82) is 0 Å². The normalized spacial score (nSPS) is 12.3. The van der Waals surface area contributed by atoms with Gasteiger partial charge < -0.3 is 14.6 Å². The first-order valence-corrected chi connectivity index (χ1v) is 18.5. The molecular formula is C38H70O5. The fraction of sp³-hybridized carbons (Fsp3) is 0.842. The minimum atomic E-state index is -1.51. The van der Waals surface area contributed by atoms with Gasteiger partial charge in [-0.15, -0.1) is 0 Å². The zero-order valence-electron chi connectivity index (χ0n) is 28.5. The number of unbranched alkanes of at least 4 members (excludes halogenated alkanes) is 26. The molecule has 0 aromatic heterocycles. The lowest BCUT2D eigenvalue weighted by molar-refractivity contribution is -0.153. The van der Waals surface area contributed by atoms with Gasteiger partial charge in [-0.3, -0.25) is 4.79 Å². The van der Waals surface area contributed by atoms with Gasteiger partial charge >= 0.3 is 11.9 Å². The molecule has 1 atom stereocenters. The van der Waals surface area contributed by atoms with Crippen molar-refractivity contribution in [2.45, 2.75) is 206 Å². The van der Waals surface area contributed by atoms with E-state index in [9.17, 15) is 14.7 Å². The minimum absolute atomic E-state index is 0.408. The monoisotopic (exact) mass is 607 g/mol. The van der Waals surface area contributed by atoms with Crippen LogP contribution in [0.3, 0.4) is 0 Å². The third-order valence-electron chi connectivity index (χ3n) is 8.16. The second-order valence-electron chi connectivity index (χ2n) is 12.5. The smallest absolute Gasteiger partial charge is 0.340 e. The van der Waals surface area contributed by atoms with E-state index in [4.69, 9.17) is 9.47 Å².